The Morgan fingerprint density at radius 2 is 1.88 bits per heavy atom. The predicted molar refractivity (Wildman–Crippen MR) is 94.9 cm³/mol. The highest BCUT2D eigenvalue weighted by Gasteiger charge is 2.21. The zero-order valence-electron chi connectivity index (χ0n) is 14.4. The minimum absolute atomic E-state index is 0.151. The van der Waals surface area contributed by atoms with Gasteiger partial charge in [-0.3, -0.25) is 4.79 Å². The molecule has 0 atom stereocenters. The Labute approximate surface area is 146 Å². The van der Waals surface area contributed by atoms with E-state index in [1.165, 1.54) is 11.8 Å². The fourth-order valence-electron chi connectivity index (χ4n) is 2.96. The van der Waals surface area contributed by atoms with Gasteiger partial charge in [0.05, 0.1) is 5.75 Å². The van der Waals surface area contributed by atoms with Crippen molar-refractivity contribution >= 4 is 17.7 Å². The third kappa shape index (κ3) is 4.17. The molecular formula is C18H23N3O2S. The highest BCUT2D eigenvalue weighted by atomic mass is 32.2. The number of hydrogen-bond acceptors (Lipinski definition) is 5. The van der Waals surface area contributed by atoms with Crippen LogP contribution in [0.2, 0.25) is 0 Å². The molecule has 1 saturated heterocycles. The lowest BCUT2D eigenvalue weighted by atomic mass is 9.99. The Bertz CT molecular complexity index is 701. The number of aromatic nitrogens is 2. The lowest BCUT2D eigenvalue weighted by Crippen LogP contribution is -2.38. The van der Waals surface area contributed by atoms with Gasteiger partial charge < -0.3 is 9.32 Å². The van der Waals surface area contributed by atoms with E-state index in [0.29, 0.717) is 16.9 Å². The van der Waals surface area contributed by atoms with Crippen LogP contribution in [0.5, 0.6) is 0 Å². The van der Waals surface area contributed by atoms with Crippen molar-refractivity contribution in [2.45, 2.75) is 38.8 Å². The summed E-state index contributed by atoms with van der Waals surface area (Å²) in [6, 6.07) is 6.15. The molecular weight excluding hydrogens is 322 g/mol. The number of carbonyl (C=O) groups excluding carboxylic acids is 1. The number of likely N-dealkylation sites (tertiary alicyclic amines) is 1. The predicted octanol–water partition coefficient (Wildman–Crippen LogP) is 3.70. The van der Waals surface area contributed by atoms with Crippen molar-refractivity contribution in [1.82, 2.24) is 15.1 Å². The van der Waals surface area contributed by atoms with E-state index in [1.807, 2.05) is 30.9 Å². The van der Waals surface area contributed by atoms with Gasteiger partial charge in [-0.25, -0.2) is 0 Å². The van der Waals surface area contributed by atoms with Crippen LogP contribution in [0.3, 0.4) is 0 Å². The zero-order valence-corrected chi connectivity index (χ0v) is 15.2. The zero-order chi connectivity index (χ0) is 17.1. The molecule has 1 aromatic carbocycles. The largest absolute Gasteiger partial charge is 0.411 e. The van der Waals surface area contributed by atoms with Crippen LogP contribution >= 0.6 is 11.8 Å². The van der Waals surface area contributed by atoms with Crippen LogP contribution in [0, 0.1) is 19.8 Å². The maximum atomic E-state index is 12.3. The molecule has 3 rings (SSSR count). The molecule has 1 amide bonds. The van der Waals surface area contributed by atoms with Crippen LogP contribution < -0.4 is 0 Å². The van der Waals surface area contributed by atoms with Crippen molar-refractivity contribution in [3.8, 4) is 11.5 Å². The van der Waals surface area contributed by atoms with E-state index in [4.69, 9.17) is 4.42 Å². The average molecular weight is 345 g/mol. The first-order valence-corrected chi connectivity index (χ1v) is 9.32. The van der Waals surface area contributed by atoms with Gasteiger partial charge in [-0.05, 0) is 44.7 Å². The van der Waals surface area contributed by atoms with E-state index in [1.54, 1.807) is 0 Å². The fourth-order valence-corrected chi connectivity index (χ4v) is 3.62. The summed E-state index contributed by atoms with van der Waals surface area (Å²) in [5, 5.41) is 8.61. The second kappa shape index (κ2) is 7.38. The highest BCUT2D eigenvalue weighted by Crippen LogP contribution is 2.25. The Morgan fingerprint density at radius 3 is 2.54 bits per heavy atom. The molecule has 5 nitrogen and oxygen atoms in total. The van der Waals surface area contributed by atoms with Crippen molar-refractivity contribution in [1.29, 1.82) is 0 Å². The molecule has 0 N–H and O–H groups in total. The van der Waals surface area contributed by atoms with Crippen LogP contribution in [0.4, 0.5) is 0 Å². The number of benzene rings is 1. The monoisotopic (exact) mass is 345 g/mol. The minimum Gasteiger partial charge on any atom is -0.411 e. The van der Waals surface area contributed by atoms with Crippen molar-refractivity contribution < 1.29 is 9.21 Å². The molecule has 128 valence electrons. The summed E-state index contributed by atoms with van der Waals surface area (Å²) in [4.78, 5) is 14.2. The number of amides is 1. The van der Waals surface area contributed by atoms with Gasteiger partial charge in [0.15, 0.2) is 0 Å². The number of rotatable bonds is 4. The number of hydrogen-bond donors (Lipinski definition) is 0. The number of nitrogens with zero attached hydrogens (tertiary/aromatic N) is 3. The fraction of sp³-hybridized carbons (Fsp3) is 0.500. The Kier molecular flexibility index (Phi) is 5.23. The standard InChI is InChI=1S/C18H23N3O2S/c1-12-4-6-21(7-5-12)16(22)11-24-18-20-19-17(23-18)15-9-13(2)8-14(3)10-15/h8-10,12H,4-7,11H2,1-3H3. The average Bonchev–Trinajstić information content (AvgIpc) is 3.01. The molecule has 1 aliphatic rings. The number of aryl methyl sites for hydroxylation is 2. The first-order chi connectivity index (χ1) is 11.5. The first kappa shape index (κ1) is 17.0. The summed E-state index contributed by atoms with van der Waals surface area (Å²) >= 11 is 1.32. The normalized spacial score (nSPS) is 15.7. The second-order valence-corrected chi connectivity index (χ2v) is 7.53. The molecule has 2 aromatic rings. The molecule has 0 bridgehead atoms. The molecule has 0 saturated carbocycles. The van der Waals surface area contributed by atoms with Gasteiger partial charge >= 0.3 is 0 Å². The van der Waals surface area contributed by atoms with Crippen molar-refractivity contribution in [2.24, 2.45) is 5.92 Å². The molecule has 24 heavy (non-hydrogen) atoms. The van der Waals surface area contributed by atoms with E-state index in [9.17, 15) is 4.79 Å². The molecule has 6 heteroatoms. The van der Waals surface area contributed by atoms with Crippen LogP contribution in [0.25, 0.3) is 11.5 Å². The minimum atomic E-state index is 0.151. The van der Waals surface area contributed by atoms with Gasteiger partial charge in [0.1, 0.15) is 0 Å². The van der Waals surface area contributed by atoms with Gasteiger partial charge in [0, 0.05) is 18.7 Å². The number of carbonyl (C=O) groups is 1. The van der Waals surface area contributed by atoms with Crippen molar-refractivity contribution in [3.05, 3.63) is 29.3 Å². The summed E-state index contributed by atoms with van der Waals surface area (Å²) in [6.07, 6.45) is 2.18. The summed E-state index contributed by atoms with van der Waals surface area (Å²) in [6.45, 7) is 8.04. The van der Waals surface area contributed by atoms with Crippen molar-refractivity contribution in [2.75, 3.05) is 18.8 Å². The second-order valence-electron chi connectivity index (χ2n) is 6.60. The molecule has 0 radical (unpaired) electrons. The van der Waals surface area contributed by atoms with Crippen LogP contribution in [0.1, 0.15) is 30.9 Å². The number of thioether (sulfide) groups is 1. The molecule has 1 aliphatic heterocycles. The first-order valence-electron chi connectivity index (χ1n) is 8.34. The SMILES string of the molecule is Cc1cc(C)cc(-c2nnc(SCC(=O)N3CCC(C)CC3)o2)c1. The van der Waals surface area contributed by atoms with Crippen LogP contribution in [-0.2, 0) is 4.79 Å². The van der Waals surface area contributed by atoms with E-state index < -0.39 is 0 Å². The number of piperidine rings is 1. The van der Waals surface area contributed by atoms with Crippen molar-refractivity contribution in [3.63, 3.8) is 0 Å². The van der Waals surface area contributed by atoms with Gasteiger partial charge in [-0.2, -0.15) is 0 Å². The maximum Gasteiger partial charge on any atom is 0.277 e. The molecule has 0 unspecified atom stereocenters. The van der Waals surface area contributed by atoms with E-state index in [-0.39, 0.29) is 5.91 Å². The summed E-state index contributed by atoms with van der Waals surface area (Å²) in [7, 11) is 0. The Hall–Kier alpha value is -1.82. The highest BCUT2D eigenvalue weighted by molar-refractivity contribution is 7.99. The molecule has 0 spiro atoms. The summed E-state index contributed by atoms with van der Waals surface area (Å²) < 4.78 is 5.70. The van der Waals surface area contributed by atoms with Gasteiger partial charge in [0.2, 0.25) is 11.8 Å². The third-order valence-corrected chi connectivity index (χ3v) is 5.13. The topological polar surface area (TPSA) is 59.2 Å². The van der Waals surface area contributed by atoms with Crippen LogP contribution in [-0.4, -0.2) is 39.8 Å². The van der Waals surface area contributed by atoms with Crippen LogP contribution in [0.15, 0.2) is 27.8 Å². The molecule has 2 heterocycles. The summed E-state index contributed by atoms with van der Waals surface area (Å²) in [5.41, 5.74) is 3.24. The van der Waals surface area contributed by atoms with Gasteiger partial charge in [-0.1, -0.05) is 35.9 Å². The smallest absolute Gasteiger partial charge is 0.277 e. The van der Waals surface area contributed by atoms with E-state index >= 15 is 0 Å². The molecule has 1 aromatic heterocycles. The van der Waals surface area contributed by atoms with E-state index in [0.717, 1.165) is 48.5 Å². The summed E-state index contributed by atoms with van der Waals surface area (Å²) in [5.74, 6) is 1.72. The van der Waals surface area contributed by atoms with Gasteiger partial charge in [0.25, 0.3) is 5.22 Å². The maximum absolute atomic E-state index is 12.3. The lowest BCUT2D eigenvalue weighted by molar-refractivity contribution is -0.129. The Balaban J connectivity index is 1.59. The molecule has 0 aliphatic carbocycles. The van der Waals surface area contributed by atoms with Gasteiger partial charge in [-0.15, -0.1) is 10.2 Å². The van der Waals surface area contributed by atoms with E-state index in [2.05, 4.69) is 23.2 Å². The lowest BCUT2D eigenvalue weighted by Gasteiger charge is -2.30. The third-order valence-electron chi connectivity index (χ3n) is 4.33. The molecule has 1 fully saturated rings. The quantitative estimate of drug-likeness (QED) is 0.791. The Morgan fingerprint density at radius 1 is 1.21 bits per heavy atom.